The molecule has 6 aromatic rings. The first-order valence-corrected chi connectivity index (χ1v) is 13.9. The minimum absolute atomic E-state index is 0.0503. The van der Waals surface area contributed by atoms with E-state index in [0.717, 1.165) is 20.1 Å². The number of benzene rings is 2. The summed E-state index contributed by atoms with van der Waals surface area (Å²) in [4.78, 5) is 30.0. The smallest absolute Gasteiger partial charge is 0.354 e. The maximum atomic E-state index is 12.1. The molecule has 4 N–H and O–H groups in total. The van der Waals surface area contributed by atoms with Gasteiger partial charge in [0.1, 0.15) is 11.4 Å². The first-order chi connectivity index (χ1) is 22.2. The summed E-state index contributed by atoms with van der Waals surface area (Å²) in [6, 6.07) is 21.0. The molecular formula is C29H23Br2FN8O5. The molecule has 2 aromatic carbocycles. The number of nitrogens with zero attached hydrogens (tertiary/aromatic N) is 6. The first kappa shape index (κ1) is 32.6. The van der Waals surface area contributed by atoms with Gasteiger partial charge in [0.05, 0.1) is 8.52 Å². The third-order valence-corrected chi connectivity index (χ3v) is 6.10. The molecule has 13 nitrogen and oxygen atoms in total. The Bertz CT molecular complexity index is 1830. The predicted octanol–water partition coefficient (Wildman–Crippen LogP) is 6.59. The lowest BCUT2D eigenvalue weighted by Gasteiger charge is -2.05. The van der Waals surface area contributed by atoms with Crippen molar-refractivity contribution in [2.24, 2.45) is 0 Å². The normalized spacial score (nSPS) is 9.98. The van der Waals surface area contributed by atoms with Crippen molar-refractivity contribution in [1.29, 1.82) is 0 Å². The molecule has 0 aliphatic heterocycles. The number of aromatic nitrogens is 6. The Morgan fingerprint density at radius 2 is 1.38 bits per heavy atom. The number of hydrogen-bond acceptors (Lipinski definition) is 11. The second kappa shape index (κ2) is 17.7. The highest BCUT2D eigenvalue weighted by Crippen LogP contribution is 2.21. The molecule has 0 fully saturated rings. The lowest BCUT2D eigenvalue weighted by Crippen LogP contribution is -2.13. The second-order valence-electron chi connectivity index (χ2n) is 8.17. The Labute approximate surface area is 273 Å². The van der Waals surface area contributed by atoms with E-state index in [0.29, 0.717) is 28.9 Å². The van der Waals surface area contributed by atoms with Gasteiger partial charge in [0.25, 0.3) is 5.91 Å². The van der Waals surface area contributed by atoms with E-state index < -0.39 is 13.1 Å². The molecule has 4 aromatic heterocycles. The van der Waals surface area contributed by atoms with Crippen LogP contribution >= 0.6 is 31.9 Å². The van der Waals surface area contributed by atoms with Crippen LogP contribution in [0.1, 0.15) is 22.3 Å². The quantitative estimate of drug-likeness (QED) is 0.161. The van der Waals surface area contributed by atoms with Crippen LogP contribution in [0.15, 0.2) is 116 Å². The van der Waals surface area contributed by atoms with Gasteiger partial charge in [-0.25, -0.2) is 9.78 Å². The molecule has 0 saturated carbocycles. The summed E-state index contributed by atoms with van der Waals surface area (Å²) in [5.41, 5.74) is 8.83. The summed E-state index contributed by atoms with van der Waals surface area (Å²) >= 11 is 6.43. The van der Waals surface area contributed by atoms with E-state index >= 15 is 0 Å². The number of halogens is 3. The standard InChI is InChI=1S/C14H9BrN4O2.C8H7N3O.C6H4BrNO2.CH3F/c15-10-4-5-16-12(7-10)13(20)18-11-3-1-2-9(6-11)14-19-17-8-21-14;9-7-3-1-2-6(4-7)8-11-10-5-12-8;7-4-1-2-8-5(3-4)6(9)10;1-2/h1-8H,(H,18,20);1-5H,9H2;1-3H,(H,9,10);1H3/i;;;1D. The Morgan fingerprint density at radius 3 is 1.87 bits per heavy atom. The maximum absolute atomic E-state index is 12.1. The highest BCUT2D eigenvalue weighted by Gasteiger charge is 2.10. The van der Waals surface area contributed by atoms with Crippen LogP contribution in [-0.4, -0.2) is 54.5 Å². The van der Waals surface area contributed by atoms with E-state index in [1.807, 2.05) is 18.2 Å². The van der Waals surface area contributed by atoms with Crippen molar-refractivity contribution < 1.29 is 29.3 Å². The number of nitrogens with one attached hydrogen (secondary N) is 1. The van der Waals surface area contributed by atoms with E-state index in [9.17, 15) is 14.0 Å². The van der Waals surface area contributed by atoms with Crippen molar-refractivity contribution in [3.8, 4) is 22.9 Å². The van der Waals surface area contributed by atoms with Gasteiger partial charge in [0.2, 0.25) is 24.6 Å². The van der Waals surface area contributed by atoms with Crippen molar-refractivity contribution in [3.05, 3.63) is 118 Å². The summed E-state index contributed by atoms with van der Waals surface area (Å²) in [5.74, 6) is -0.422. The first-order valence-electron chi connectivity index (χ1n) is 13.0. The van der Waals surface area contributed by atoms with Crippen molar-refractivity contribution in [3.63, 3.8) is 0 Å². The second-order valence-corrected chi connectivity index (χ2v) is 10.0. The molecule has 0 aliphatic rings. The van der Waals surface area contributed by atoms with Gasteiger partial charge >= 0.3 is 5.97 Å². The number of carboxylic acids is 1. The Morgan fingerprint density at radius 1 is 0.844 bits per heavy atom. The number of rotatable bonds is 5. The molecule has 230 valence electrons. The molecule has 1 amide bonds. The topological polar surface area (TPSA) is 196 Å². The summed E-state index contributed by atoms with van der Waals surface area (Å²) < 4.78 is 27.1. The molecule has 0 unspecified atom stereocenters. The molecule has 0 saturated heterocycles. The van der Waals surface area contributed by atoms with Crippen molar-refractivity contribution in [2.75, 3.05) is 18.2 Å². The summed E-state index contributed by atoms with van der Waals surface area (Å²) in [5, 5.41) is 26.0. The average molecular weight is 743 g/mol. The molecule has 45 heavy (non-hydrogen) atoms. The zero-order valence-corrected chi connectivity index (χ0v) is 26.1. The number of alkyl halides is 1. The fourth-order valence-electron chi connectivity index (χ4n) is 3.25. The number of carbonyl (C=O) groups is 2. The van der Waals surface area contributed by atoms with Gasteiger partial charge in [-0.1, -0.05) is 44.0 Å². The van der Waals surface area contributed by atoms with Crippen LogP contribution in [0.3, 0.4) is 0 Å². The monoisotopic (exact) mass is 741 g/mol. The van der Waals surface area contributed by atoms with E-state index in [1.54, 1.807) is 54.7 Å². The minimum Gasteiger partial charge on any atom is -0.477 e. The molecule has 6 rings (SSSR count). The van der Waals surface area contributed by atoms with Gasteiger partial charge in [-0.05, 0) is 60.7 Å². The van der Waals surface area contributed by atoms with E-state index in [2.05, 4.69) is 67.5 Å². The van der Waals surface area contributed by atoms with E-state index in [4.69, 9.17) is 21.0 Å². The van der Waals surface area contributed by atoms with Gasteiger partial charge in [-0.2, -0.15) is 0 Å². The molecular weight excluding hydrogens is 719 g/mol. The molecule has 0 spiro atoms. The lowest BCUT2D eigenvalue weighted by atomic mass is 10.2. The van der Waals surface area contributed by atoms with Gasteiger partial charge in [0.15, 0.2) is 0 Å². The Kier molecular flexibility index (Phi) is 12.8. The average Bonchev–Trinajstić information content (AvgIpc) is 3.78. The number of nitrogen functional groups attached to an aromatic ring is 1. The maximum Gasteiger partial charge on any atom is 0.354 e. The van der Waals surface area contributed by atoms with Crippen molar-refractivity contribution in [1.82, 2.24) is 30.4 Å². The van der Waals surface area contributed by atoms with Gasteiger partial charge in [-0.3, -0.25) is 14.2 Å². The largest absolute Gasteiger partial charge is 0.477 e. The van der Waals surface area contributed by atoms with Crippen LogP contribution in [0.5, 0.6) is 0 Å². The lowest BCUT2D eigenvalue weighted by molar-refractivity contribution is 0.0690. The molecule has 0 radical (unpaired) electrons. The highest BCUT2D eigenvalue weighted by atomic mass is 79.9. The van der Waals surface area contributed by atoms with Crippen LogP contribution in [0.25, 0.3) is 22.9 Å². The van der Waals surface area contributed by atoms with Gasteiger partial charge in [-0.15, -0.1) is 20.4 Å². The third kappa shape index (κ3) is 11.0. The van der Waals surface area contributed by atoms with Gasteiger partial charge < -0.3 is 25.0 Å². The SMILES string of the molecule is Nc1cccc(-c2nnco2)c1.O=C(Nc1cccc(-c2nnco2)c1)c1cc(Br)ccn1.O=C(O)c1cc(Br)ccn1.[2H]CF. The van der Waals surface area contributed by atoms with Crippen LogP contribution < -0.4 is 11.1 Å². The van der Waals surface area contributed by atoms with Crippen LogP contribution in [0.2, 0.25) is 0 Å². The number of pyridine rings is 2. The molecule has 16 heteroatoms. The minimum atomic E-state index is -1.01. The summed E-state index contributed by atoms with van der Waals surface area (Å²) in [6.45, 7) is 0. The molecule has 0 bridgehead atoms. The van der Waals surface area contributed by atoms with Gasteiger partial charge in [0, 0.05) is 43.8 Å². The zero-order valence-electron chi connectivity index (χ0n) is 23.9. The van der Waals surface area contributed by atoms with E-state index in [1.165, 1.54) is 25.1 Å². The molecule has 4 heterocycles. The predicted molar refractivity (Wildman–Crippen MR) is 170 cm³/mol. The zero-order chi connectivity index (χ0) is 33.3. The molecule has 0 aliphatic carbocycles. The summed E-state index contributed by atoms with van der Waals surface area (Å²) in [7, 11) is -1.00. The number of carboxylic acid groups (broad SMARTS) is 1. The van der Waals surface area contributed by atoms with Crippen LogP contribution in [-0.2, 0) is 0 Å². The number of amides is 1. The van der Waals surface area contributed by atoms with E-state index in [-0.39, 0.29) is 11.6 Å². The van der Waals surface area contributed by atoms with Crippen LogP contribution in [0, 0.1) is 0 Å². The number of anilines is 2. The van der Waals surface area contributed by atoms with Crippen LogP contribution in [0.4, 0.5) is 15.8 Å². The number of aromatic carboxylic acids is 1. The number of nitrogens with two attached hydrogens (primary N) is 1. The number of hydrogen-bond donors (Lipinski definition) is 3. The molecule has 0 atom stereocenters. The Balaban J connectivity index is 0.000000195. The summed E-state index contributed by atoms with van der Waals surface area (Å²) in [6.07, 6.45) is 5.55. The van der Waals surface area contributed by atoms with Crippen molar-refractivity contribution >= 4 is 55.1 Å². The highest BCUT2D eigenvalue weighted by molar-refractivity contribution is 9.10. The third-order valence-electron chi connectivity index (χ3n) is 5.12. The number of carbonyl (C=O) groups excluding carboxylic acids is 1. The fourth-order valence-corrected chi connectivity index (χ4v) is 3.92. The fraction of sp³-hybridized carbons (Fsp3) is 0.0345. The van der Waals surface area contributed by atoms with Crippen molar-refractivity contribution in [2.45, 2.75) is 0 Å². The Hall–Kier alpha value is -5.35.